The lowest BCUT2D eigenvalue weighted by molar-refractivity contribution is 0.411. The lowest BCUT2D eigenvalue weighted by atomic mass is 9.86. The fourth-order valence-electron chi connectivity index (χ4n) is 2.96. The Labute approximate surface area is 164 Å². The lowest BCUT2D eigenvalue weighted by Crippen LogP contribution is -2.10. The van der Waals surface area contributed by atoms with Crippen LogP contribution in [0.25, 0.3) is 33.7 Å². The van der Waals surface area contributed by atoms with Gasteiger partial charge in [-0.05, 0) is 29.2 Å². The number of hydrogen-bond donors (Lipinski definition) is 1. The van der Waals surface area contributed by atoms with Crippen LogP contribution in [0.15, 0.2) is 44.1 Å². The second kappa shape index (κ2) is 5.86. The van der Waals surface area contributed by atoms with E-state index < -0.39 is 0 Å². The summed E-state index contributed by atoms with van der Waals surface area (Å²) >= 11 is 4.66. The fraction of sp³-hybridized carbons (Fsp3) is 0.364. The molecule has 2 aromatic carbocycles. The topological polar surface area (TPSA) is 52.1 Å². The molecule has 4 aromatic rings. The SMILES string of the molecule is CC(C)(C)c1ccc(-c2nc3cc4nc(C(C)(C)C)oc4cc3o2)c(S)c1. The van der Waals surface area contributed by atoms with Crippen molar-refractivity contribution < 1.29 is 8.83 Å². The molecule has 5 heteroatoms. The van der Waals surface area contributed by atoms with Crippen LogP contribution in [-0.2, 0) is 10.8 Å². The predicted octanol–water partition coefficient (Wildman–Crippen LogP) is 6.52. The molecule has 0 bridgehead atoms. The van der Waals surface area contributed by atoms with Crippen LogP contribution in [0.3, 0.4) is 0 Å². The van der Waals surface area contributed by atoms with E-state index in [0.29, 0.717) is 22.9 Å². The zero-order chi connectivity index (χ0) is 19.6. The van der Waals surface area contributed by atoms with Crippen LogP contribution >= 0.6 is 12.6 Å². The van der Waals surface area contributed by atoms with Gasteiger partial charge in [0.15, 0.2) is 11.2 Å². The fourth-order valence-corrected chi connectivity index (χ4v) is 3.27. The largest absolute Gasteiger partial charge is 0.440 e. The van der Waals surface area contributed by atoms with Crippen LogP contribution in [-0.4, -0.2) is 9.97 Å². The number of aromatic nitrogens is 2. The van der Waals surface area contributed by atoms with Crippen molar-refractivity contribution in [3.63, 3.8) is 0 Å². The third-order valence-electron chi connectivity index (χ3n) is 4.63. The maximum absolute atomic E-state index is 6.02. The van der Waals surface area contributed by atoms with Gasteiger partial charge in [-0.2, -0.15) is 0 Å². The van der Waals surface area contributed by atoms with E-state index in [1.807, 2.05) is 18.2 Å². The number of fused-ring (bicyclic) bond motifs is 2. The highest BCUT2D eigenvalue weighted by Crippen LogP contribution is 2.35. The van der Waals surface area contributed by atoms with Crippen molar-refractivity contribution in [3.8, 4) is 11.5 Å². The normalized spacial score (nSPS) is 13.0. The Bertz CT molecular complexity index is 1110. The maximum atomic E-state index is 6.02. The summed E-state index contributed by atoms with van der Waals surface area (Å²) in [5, 5.41) is 0. The van der Waals surface area contributed by atoms with Gasteiger partial charge >= 0.3 is 0 Å². The number of thiol groups is 1. The van der Waals surface area contributed by atoms with Gasteiger partial charge in [0.05, 0.1) is 5.56 Å². The van der Waals surface area contributed by atoms with Crippen molar-refractivity contribution in [1.29, 1.82) is 0 Å². The van der Waals surface area contributed by atoms with E-state index in [2.05, 4.69) is 76.3 Å². The molecule has 0 saturated heterocycles. The van der Waals surface area contributed by atoms with Crippen LogP contribution in [0.4, 0.5) is 0 Å². The standard InChI is InChI=1S/C22H24N2O2S/c1-21(2,3)12-7-8-13(18(27)9-12)19-23-14-10-15-17(11-16(14)25-19)26-20(24-15)22(4,5)6/h7-11,27H,1-6H3. The first-order chi connectivity index (χ1) is 12.5. The second-order valence-electron chi connectivity index (χ2n) is 9.06. The molecule has 4 rings (SSSR count). The lowest BCUT2D eigenvalue weighted by Gasteiger charge is -2.19. The third-order valence-corrected chi connectivity index (χ3v) is 5.00. The molecular weight excluding hydrogens is 356 g/mol. The van der Waals surface area contributed by atoms with Gasteiger partial charge in [-0.25, -0.2) is 9.97 Å². The van der Waals surface area contributed by atoms with Crippen LogP contribution in [0.1, 0.15) is 53.0 Å². The number of benzene rings is 2. The zero-order valence-electron chi connectivity index (χ0n) is 16.5. The molecule has 0 aliphatic heterocycles. The van der Waals surface area contributed by atoms with Crippen molar-refractivity contribution in [2.75, 3.05) is 0 Å². The second-order valence-corrected chi connectivity index (χ2v) is 9.54. The van der Waals surface area contributed by atoms with E-state index in [4.69, 9.17) is 8.83 Å². The van der Waals surface area contributed by atoms with E-state index in [9.17, 15) is 0 Å². The average molecular weight is 381 g/mol. The Morgan fingerprint density at radius 3 is 2.07 bits per heavy atom. The Kier molecular flexibility index (Phi) is 3.93. The minimum atomic E-state index is -0.144. The predicted molar refractivity (Wildman–Crippen MR) is 112 cm³/mol. The van der Waals surface area contributed by atoms with Crippen LogP contribution < -0.4 is 0 Å². The first kappa shape index (κ1) is 18.1. The van der Waals surface area contributed by atoms with Gasteiger partial charge in [-0.1, -0.05) is 47.6 Å². The molecule has 0 spiro atoms. The van der Waals surface area contributed by atoms with Crippen molar-refractivity contribution in [3.05, 3.63) is 41.8 Å². The summed E-state index contributed by atoms with van der Waals surface area (Å²) < 4.78 is 11.9. The van der Waals surface area contributed by atoms with E-state index in [-0.39, 0.29) is 10.8 Å². The van der Waals surface area contributed by atoms with E-state index in [1.165, 1.54) is 5.56 Å². The zero-order valence-corrected chi connectivity index (χ0v) is 17.4. The highest BCUT2D eigenvalue weighted by atomic mass is 32.1. The Morgan fingerprint density at radius 1 is 0.778 bits per heavy atom. The number of hydrogen-bond acceptors (Lipinski definition) is 5. The van der Waals surface area contributed by atoms with E-state index in [1.54, 1.807) is 0 Å². The van der Waals surface area contributed by atoms with Gasteiger partial charge in [0.2, 0.25) is 11.8 Å². The van der Waals surface area contributed by atoms with Crippen LogP contribution in [0.2, 0.25) is 0 Å². The molecule has 0 aliphatic carbocycles. The molecule has 0 unspecified atom stereocenters. The first-order valence-electron chi connectivity index (χ1n) is 9.08. The molecule has 2 aromatic heterocycles. The highest BCUT2D eigenvalue weighted by molar-refractivity contribution is 7.80. The average Bonchev–Trinajstić information content (AvgIpc) is 3.13. The molecule has 2 heterocycles. The van der Waals surface area contributed by atoms with Crippen molar-refractivity contribution in [2.45, 2.75) is 57.3 Å². The molecule has 0 amide bonds. The van der Waals surface area contributed by atoms with E-state index >= 15 is 0 Å². The van der Waals surface area contributed by atoms with Crippen LogP contribution in [0.5, 0.6) is 0 Å². The molecule has 0 saturated carbocycles. The van der Waals surface area contributed by atoms with Crippen molar-refractivity contribution >= 4 is 34.8 Å². The minimum Gasteiger partial charge on any atom is -0.440 e. The van der Waals surface area contributed by atoms with Gasteiger partial charge in [0.25, 0.3) is 0 Å². The molecule has 0 radical (unpaired) electrons. The summed E-state index contributed by atoms with van der Waals surface area (Å²) in [6, 6.07) is 9.99. The molecular formula is C22H24N2O2S. The summed E-state index contributed by atoms with van der Waals surface area (Å²) in [6.45, 7) is 12.8. The molecule has 0 atom stereocenters. The summed E-state index contributed by atoms with van der Waals surface area (Å²) in [7, 11) is 0. The van der Waals surface area contributed by atoms with Crippen LogP contribution in [0, 0.1) is 0 Å². The molecule has 0 fully saturated rings. The van der Waals surface area contributed by atoms with Gasteiger partial charge in [-0.15, -0.1) is 12.6 Å². The highest BCUT2D eigenvalue weighted by Gasteiger charge is 2.22. The summed E-state index contributed by atoms with van der Waals surface area (Å²) in [5.74, 6) is 1.26. The monoisotopic (exact) mass is 380 g/mol. The Morgan fingerprint density at radius 2 is 1.44 bits per heavy atom. The maximum Gasteiger partial charge on any atom is 0.228 e. The summed E-state index contributed by atoms with van der Waals surface area (Å²) in [6.07, 6.45) is 0. The van der Waals surface area contributed by atoms with Crippen molar-refractivity contribution in [1.82, 2.24) is 9.97 Å². The Hall–Kier alpha value is -2.27. The van der Waals surface area contributed by atoms with Crippen molar-refractivity contribution in [2.24, 2.45) is 0 Å². The van der Waals surface area contributed by atoms with E-state index in [0.717, 1.165) is 21.5 Å². The number of nitrogens with zero attached hydrogens (tertiary/aromatic N) is 2. The Balaban J connectivity index is 1.80. The molecule has 4 nitrogen and oxygen atoms in total. The minimum absolute atomic E-state index is 0.0677. The molecule has 0 aliphatic rings. The first-order valence-corrected chi connectivity index (χ1v) is 9.52. The number of oxazole rings is 2. The third kappa shape index (κ3) is 3.25. The van der Waals surface area contributed by atoms with Gasteiger partial charge in [0.1, 0.15) is 11.0 Å². The quantitative estimate of drug-likeness (QED) is 0.382. The summed E-state index contributed by atoms with van der Waals surface area (Å²) in [4.78, 5) is 10.1. The molecule has 140 valence electrons. The van der Waals surface area contributed by atoms with Gasteiger partial charge < -0.3 is 8.83 Å². The smallest absolute Gasteiger partial charge is 0.228 e. The van der Waals surface area contributed by atoms with Gasteiger partial charge in [-0.3, -0.25) is 0 Å². The number of rotatable bonds is 1. The molecule has 27 heavy (non-hydrogen) atoms. The summed E-state index contributed by atoms with van der Waals surface area (Å²) in [5.41, 5.74) is 4.98. The van der Waals surface area contributed by atoms with Gasteiger partial charge in [0, 0.05) is 16.4 Å². The molecule has 0 N–H and O–H groups in total.